The van der Waals surface area contributed by atoms with Gasteiger partial charge in [-0.15, -0.1) is 16.8 Å². The third kappa shape index (κ3) is 5.00. The summed E-state index contributed by atoms with van der Waals surface area (Å²) in [5.74, 6) is 1.05. The molecule has 29 heavy (non-hydrogen) atoms. The fourth-order valence-corrected chi connectivity index (χ4v) is 3.70. The molecule has 152 valence electrons. The summed E-state index contributed by atoms with van der Waals surface area (Å²) in [5.41, 5.74) is 1.88. The number of alkyl halides is 3. The number of hydrogen-bond acceptors (Lipinski definition) is 4. The minimum absolute atomic E-state index is 0.358. The molecule has 0 amide bonds. The molecule has 0 aliphatic rings. The summed E-state index contributed by atoms with van der Waals surface area (Å²) >= 11 is 1.35. The SMILES string of the molecule is C=CCn1c(SCc2cccc(C(F)(F)F)c2)nnc1-c1cccc(N(C)C)c1. The molecule has 0 bridgehead atoms. The van der Waals surface area contributed by atoms with E-state index in [0.29, 0.717) is 28.8 Å². The Balaban J connectivity index is 1.86. The van der Waals surface area contributed by atoms with Crippen molar-refractivity contribution in [2.75, 3.05) is 19.0 Å². The van der Waals surface area contributed by atoms with Crippen LogP contribution in [0.1, 0.15) is 11.1 Å². The summed E-state index contributed by atoms with van der Waals surface area (Å²) in [6, 6.07) is 13.3. The van der Waals surface area contributed by atoms with Crippen molar-refractivity contribution >= 4 is 17.4 Å². The number of aromatic nitrogens is 3. The molecule has 3 rings (SSSR count). The molecule has 0 fully saturated rings. The fourth-order valence-electron chi connectivity index (χ4n) is 2.81. The Morgan fingerprint density at radius 2 is 1.86 bits per heavy atom. The number of hydrogen-bond donors (Lipinski definition) is 0. The summed E-state index contributed by atoms with van der Waals surface area (Å²) in [5, 5.41) is 9.22. The first-order valence-electron chi connectivity index (χ1n) is 8.90. The number of allylic oxidation sites excluding steroid dienone is 1. The number of halogens is 3. The van der Waals surface area contributed by atoms with E-state index in [4.69, 9.17) is 0 Å². The zero-order valence-electron chi connectivity index (χ0n) is 16.1. The largest absolute Gasteiger partial charge is 0.416 e. The zero-order chi connectivity index (χ0) is 21.0. The van der Waals surface area contributed by atoms with Crippen LogP contribution in [-0.2, 0) is 18.5 Å². The van der Waals surface area contributed by atoms with E-state index < -0.39 is 11.7 Å². The lowest BCUT2D eigenvalue weighted by Crippen LogP contribution is -2.08. The van der Waals surface area contributed by atoms with Crippen molar-refractivity contribution in [2.45, 2.75) is 23.6 Å². The zero-order valence-corrected chi connectivity index (χ0v) is 17.0. The second-order valence-electron chi connectivity index (χ2n) is 6.64. The smallest absolute Gasteiger partial charge is 0.378 e. The van der Waals surface area contributed by atoms with E-state index in [1.807, 2.05) is 47.8 Å². The molecule has 0 spiro atoms. The Labute approximate surface area is 172 Å². The van der Waals surface area contributed by atoms with Gasteiger partial charge in [0.1, 0.15) is 0 Å². The maximum absolute atomic E-state index is 12.9. The quantitative estimate of drug-likeness (QED) is 0.374. The molecule has 0 saturated carbocycles. The van der Waals surface area contributed by atoms with Gasteiger partial charge in [-0.1, -0.05) is 48.2 Å². The van der Waals surface area contributed by atoms with Gasteiger partial charge in [0, 0.05) is 37.6 Å². The number of nitrogens with zero attached hydrogens (tertiary/aromatic N) is 4. The van der Waals surface area contributed by atoms with Crippen LogP contribution in [-0.4, -0.2) is 28.9 Å². The van der Waals surface area contributed by atoms with Crippen molar-refractivity contribution in [1.82, 2.24) is 14.8 Å². The lowest BCUT2D eigenvalue weighted by Gasteiger charge is -2.14. The Morgan fingerprint density at radius 1 is 1.10 bits per heavy atom. The van der Waals surface area contributed by atoms with Crippen molar-refractivity contribution in [3.63, 3.8) is 0 Å². The Bertz CT molecular complexity index is 996. The van der Waals surface area contributed by atoms with Crippen molar-refractivity contribution in [3.05, 3.63) is 72.3 Å². The molecule has 3 aromatic rings. The lowest BCUT2D eigenvalue weighted by molar-refractivity contribution is -0.137. The first-order valence-corrected chi connectivity index (χ1v) is 9.89. The molecule has 0 aliphatic heterocycles. The summed E-state index contributed by atoms with van der Waals surface area (Å²) in [6.07, 6.45) is -2.61. The molecule has 1 heterocycles. The van der Waals surface area contributed by atoms with Crippen molar-refractivity contribution in [3.8, 4) is 11.4 Å². The standard InChI is InChI=1S/C21H21F3N4S/c1-4-11-28-19(16-8-6-10-18(13-16)27(2)3)25-26-20(28)29-14-15-7-5-9-17(12-15)21(22,23)24/h4-10,12-13H,1,11,14H2,2-3H3. The van der Waals surface area contributed by atoms with Gasteiger partial charge in [-0.2, -0.15) is 13.2 Å². The molecule has 0 unspecified atom stereocenters. The maximum Gasteiger partial charge on any atom is 0.416 e. The lowest BCUT2D eigenvalue weighted by atomic mass is 10.1. The van der Waals surface area contributed by atoms with Gasteiger partial charge in [-0.3, -0.25) is 4.57 Å². The highest BCUT2D eigenvalue weighted by Gasteiger charge is 2.30. The van der Waals surface area contributed by atoms with Gasteiger partial charge in [0.25, 0.3) is 0 Å². The minimum Gasteiger partial charge on any atom is -0.378 e. The third-order valence-electron chi connectivity index (χ3n) is 4.27. The van der Waals surface area contributed by atoms with Crippen LogP contribution in [0, 0.1) is 0 Å². The maximum atomic E-state index is 12.9. The van der Waals surface area contributed by atoms with Gasteiger partial charge >= 0.3 is 6.18 Å². The molecular weight excluding hydrogens is 397 g/mol. The second-order valence-corrected chi connectivity index (χ2v) is 7.58. The predicted octanol–water partition coefficient (Wildman–Crippen LogP) is 5.51. The minimum atomic E-state index is -4.35. The highest BCUT2D eigenvalue weighted by Crippen LogP contribution is 2.32. The molecule has 0 N–H and O–H groups in total. The van der Waals surface area contributed by atoms with Gasteiger partial charge < -0.3 is 4.90 Å². The highest BCUT2D eigenvalue weighted by atomic mass is 32.2. The molecule has 1 aromatic heterocycles. The van der Waals surface area contributed by atoms with Crippen molar-refractivity contribution in [1.29, 1.82) is 0 Å². The second kappa shape index (κ2) is 8.73. The predicted molar refractivity (Wildman–Crippen MR) is 111 cm³/mol. The van der Waals surface area contributed by atoms with Gasteiger partial charge in [0.15, 0.2) is 11.0 Å². The van der Waals surface area contributed by atoms with E-state index in [1.165, 1.54) is 23.9 Å². The molecule has 0 aliphatic carbocycles. The van der Waals surface area contributed by atoms with Gasteiger partial charge in [-0.25, -0.2) is 0 Å². The van der Waals surface area contributed by atoms with Crippen LogP contribution in [0.4, 0.5) is 18.9 Å². The first-order chi connectivity index (χ1) is 13.8. The van der Waals surface area contributed by atoms with E-state index in [2.05, 4.69) is 16.8 Å². The average molecular weight is 418 g/mol. The van der Waals surface area contributed by atoms with Crippen molar-refractivity contribution in [2.24, 2.45) is 0 Å². The molecule has 2 aromatic carbocycles. The van der Waals surface area contributed by atoms with Crippen LogP contribution in [0.15, 0.2) is 66.3 Å². The van der Waals surface area contributed by atoms with E-state index in [9.17, 15) is 13.2 Å². The van der Waals surface area contributed by atoms with Crippen LogP contribution < -0.4 is 4.90 Å². The van der Waals surface area contributed by atoms with Gasteiger partial charge in [0.05, 0.1) is 5.56 Å². The summed E-state index contributed by atoms with van der Waals surface area (Å²) in [7, 11) is 3.92. The highest BCUT2D eigenvalue weighted by molar-refractivity contribution is 7.98. The Hall–Kier alpha value is -2.74. The third-order valence-corrected chi connectivity index (χ3v) is 5.31. The van der Waals surface area contributed by atoms with E-state index in [-0.39, 0.29) is 0 Å². The molecule has 8 heteroatoms. The summed E-state index contributed by atoms with van der Waals surface area (Å²) in [6.45, 7) is 4.29. The van der Waals surface area contributed by atoms with Crippen LogP contribution in [0.3, 0.4) is 0 Å². The summed E-state index contributed by atoms with van der Waals surface area (Å²) < 4.78 is 40.7. The van der Waals surface area contributed by atoms with E-state index in [0.717, 1.165) is 17.3 Å². The van der Waals surface area contributed by atoms with Gasteiger partial charge in [0.2, 0.25) is 0 Å². The molecule has 4 nitrogen and oxygen atoms in total. The number of anilines is 1. The Kier molecular flexibility index (Phi) is 6.32. The van der Waals surface area contributed by atoms with Crippen LogP contribution in [0.2, 0.25) is 0 Å². The molecule has 0 saturated heterocycles. The fraction of sp³-hybridized carbons (Fsp3) is 0.238. The van der Waals surface area contributed by atoms with E-state index >= 15 is 0 Å². The number of thioether (sulfide) groups is 1. The normalized spacial score (nSPS) is 11.5. The number of rotatable bonds is 7. The van der Waals surface area contributed by atoms with Crippen LogP contribution >= 0.6 is 11.8 Å². The van der Waals surface area contributed by atoms with Crippen molar-refractivity contribution < 1.29 is 13.2 Å². The van der Waals surface area contributed by atoms with E-state index in [1.54, 1.807) is 12.1 Å². The molecule has 0 radical (unpaired) electrons. The van der Waals surface area contributed by atoms with Gasteiger partial charge in [-0.05, 0) is 23.8 Å². The first kappa shape index (κ1) is 21.0. The topological polar surface area (TPSA) is 34.0 Å². The molecular formula is C21H21F3N4S. The summed E-state index contributed by atoms with van der Waals surface area (Å²) in [4.78, 5) is 2.00. The molecule has 0 atom stereocenters. The number of benzene rings is 2. The Morgan fingerprint density at radius 3 is 2.55 bits per heavy atom. The van der Waals surface area contributed by atoms with Crippen LogP contribution in [0.5, 0.6) is 0 Å². The van der Waals surface area contributed by atoms with Crippen LogP contribution in [0.25, 0.3) is 11.4 Å². The average Bonchev–Trinajstić information content (AvgIpc) is 3.09. The monoisotopic (exact) mass is 418 g/mol.